The molecule has 2 fully saturated rings. The number of piperidine rings is 2. The minimum Gasteiger partial charge on any atom is -0.473 e. The summed E-state index contributed by atoms with van der Waals surface area (Å²) in [6, 6.07) is 29.6. The molecule has 53 heavy (non-hydrogen) atoms. The fourth-order valence-corrected chi connectivity index (χ4v) is 7.13. The Bertz CT molecular complexity index is 1830. The summed E-state index contributed by atoms with van der Waals surface area (Å²) in [5.74, 6) is 1.17. The molecule has 280 valence electrons. The van der Waals surface area contributed by atoms with E-state index in [1.54, 1.807) is 6.07 Å². The number of likely N-dealkylation sites (tertiary alicyclic amines) is 1. The quantitative estimate of drug-likeness (QED) is 0.141. The Labute approximate surface area is 313 Å². The molecule has 2 saturated heterocycles. The summed E-state index contributed by atoms with van der Waals surface area (Å²) in [5, 5.41) is 12.6. The molecular formula is C43H52FN5O4. The Balaban J connectivity index is 1.09. The van der Waals surface area contributed by atoms with Crippen LogP contribution in [0.2, 0.25) is 0 Å². The molecule has 0 aliphatic carbocycles. The molecule has 6 rings (SSSR count). The molecule has 2 N–H and O–H groups in total. The Morgan fingerprint density at radius 3 is 2.13 bits per heavy atom. The maximum absolute atomic E-state index is 15.3. The van der Waals surface area contributed by atoms with Gasteiger partial charge in [0.25, 0.3) is 0 Å². The maximum Gasteiger partial charge on any atom is 0.410 e. The molecule has 1 amide bonds. The molecule has 4 aromatic rings. The predicted molar refractivity (Wildman–Crippen MR) is 208 cm³/mol. The molecule has 0 radical (unpaired) electrons. The summed E-state index contributed by atoms with van der Waals surface area (Å²) in [5.41, 5.74) is 4.97. The number of halogens is 1. The van der Waals surface area contributed by atoms with Crippen LogP contribution in [0.3, 0.4) is 0 Å². The first-order valence-electron chi connectivity index (χ1n) is 18.7. The number of rotatable bonds is 12. The third-order valence-electron chi connectivity index (χ3n) is 10.0. The summed E-state index contributed by atoms with van der Waals surface area (Å²) in [4.78, 5) is 21.1. The lowest BCUT2D eigenvalue weighted by molar-refractivity contribution is 0.00271. The van der Waals surface area contributed by atoms with Crippen LogP contribution in [-0.4, -0.2) is 66.7 Å². The number of aromatic nitrogens is 1. The number of carbonyl (C=O) groups is 1. The van der Waals surface area contributed by atoms with Gasteiger partial charge in [0.05, 0.1) is 17.8 Å². The van der Waals surface area contributed by atoms with Gasteiger partial charge in [-0.3, -0.25) is 5.41 Å². The molecule has 1 aromatic heterocycles. The smallest absolute Gasteiger partial charge is 0.410 e. The molecule has 3 heterocycles. The highest BCUT2D eigenvalue weighted by atomic mass is 19.1. The minimum absolute atomic E-state index is 0.0352. The van der Waals surface area contributed by atoms with E-state index >= 15 is 4.39 Å². The monoisotopic (exact) mass is 721 g/mol. The average Bonchev–Trinajstić information content (AvgIpc) is 3.17. The van der Waals surface area contributed by atoms with E-state index in [9.17, 15) is 10.2 Å². The number of benzene rings is 3. The van der Waals surface area contributed by atoms with Gasteiger partial charge in [0.15, 0.2) is 0 Å². The van der Waals surface area contributed by atoms with E-state index in [-0.39, 0.29) is 12.5 Å². The predicted octanol–water partition coefficient (Wildman–Crippen LogP) is 8.90. The van der Waals surface area contributed by atoms with E-state index in [4.69, 9.17) is 19.2 Å². The van der Waals surface area contributed by atoms with Crippen molar-refractivity contribution in [2.75, 3.05) is 43.4 Å². The molecule has 9 nitrogen and oxygen atoms in total. The SMILES string of the molecule is CNc1cc(N2CCC(CC3CCN(C(=O)OC(C)(C)C)CC3F)CC2)ccc1C(=N)c1ccc(OCc2ccccc2)nc1OCc1ccccc1. The van der Waals surface area contributed by atoms with Crippen LogP contribution in [0.25, 0.3) is 0 Å². The third kappa shape index (κ3) is 10.1. The molecule has 0 spiro atoms. The van der Waals surface area contributed by atoms with Crippen LogP contribution in [-0.2, 0) is 18.0 Å². The van der Waals surface area contributed by atoms with Gasteiger partial charge in [-0.2, -0.15) is 4.98 Å². The largest absolute Gasteiger partial charge is 0.473 e. The lowest BCUT2D eigenvalue weighted by Gasteiger charge is -2.39. The van der Waals surface area contributed by atoms with Gasteiger partial charge < -0.3 is 29.3 Å². The second-order valence-corrected chi connectivity index (χ2v) is 15.1. The van der Waals surface area contributed by atoms with Crippen molar-refractivity contribution >= 4 is 23.2 Å². The first-order valence-corrected chi connectivity index (χ1v) is 18.7. The Hall–Kier alpha value is -5.12. The Kier molecular flexibility index (Phi) is 12.2. The molecule has 2 aliphatic heterocycles. The van der Waals surface area contributed by atoms with Crippen LogP contribution in [0.4, 0.5) is 20.6 Å². The summed E-state index contributed by atoms with van der Waals surface area (Å²) >= 11 is 0. The van der Waals surface area contributed by atoms with Crippen LogP contribution in [0, 0.1) is 17.2 Å². The topological polar surface area (TPSA) is 100 Å². The molecule has 0 saturated carbocycles. The third-order valence-corrected chi connectivity index (χ3v) is 10.0. The number of hydrogen-bond acceptors (Lipinski definition) is 8. The zero-order valence-electron chi connectivity index (χ0n) is 31.3. The highest BCUT2D eigenvalue weighted by molar-refractivity contribution is 6.15. The second kappa shape index (κ2) is 17.1. The van der Waals surface area contributed by atoms with E-state index in [2.05, 4.69) is 22.3 Å². The van der Waals surface area contributed by atoms with E-state index in [1.807, 2.05) is 101 Å². The van der Waals surface area contributed by atoms with Crippen molar-refractivity contribution in [2.24, 2.45) is 11.8 Å². The second-order valence-electron chi connectivity index (χ2n) is 15.1. The van der Waals surface area contributed by atoms with E-state index < -0.39 is 17.9 Å². The van der Waals surface area contributed by atoms with E-state index in [0.717, 1.165) is 60.4 Å². The van der Waals surface area contributed by atoms with Crippen LogP contribution in [0.5, 0.6) is 11.8 Å². The van der Waals surface area contributed by atoms with E-state index in [0.29, 0.717) is 55.1 Å². The van der Waals surface area contributed by atoms with Crippen LogP contribution in [0.1, 0.15) is 68.7 Å². The number of ether oxygens (including phenoxy) is 3. The van der Waals surface area contributed by atoms with Crippen molar-refractivity contribution < 1.29 is 23.4 Å². The van der Waals surface area contributed by atoms with Gasteiger partial charge in [-0.1, -0.05) is 60.7 Å². The van der Waals surface area contributed by atoms with Crippen molar-refractivity contribution in [3.63, 3.8) is 0 Å². The molecule has 0 bridgehead atoms. The van der Waals surface area contributed by atoms with Gasteiger partial charge in [-0.05, 0) is 93.7 Å². The molecule has 3 aromatic carbocycles. The zero-order chi connectivity index (χ0) is 37.4. The molecule has 2 aliphatic rings. The Morgan fingerprint density at radius 2 is 1.51 bits per heavy atom. The molecule has 10 heteroatoms. The number of anilines is 2. The summed E-state index contributed by atoms with van der Waals surface area (Å²) in [6.45, 7) is 8.57. The van der Waals surface area contributed by atoms with Crippen LogP contribution >= 0.6 is 0 Å². The van der Waals surface area contributed by atoms with Gasteiger partial charge >= 0.3 is 6.09 Å². The summed E-state index contributed by atoms with van der Waals surface area (Å²) in [6.07, 6.45) is 2.01. The highest BCUT2D eigenvalue weighted by Crippen LogP contribution is 2.35. The first-order chi connectivity index (χ1) is 25.6. The number of nitrogens with one attached hydrogen (secondary N) is 2. The van der Waals surface area contributed by atoms with Gasteiger partial charge in [0.1, 0.15) is 25.0 Å². The number of hydrogen-bond donors (Lipinski definition) is 2. The number of nitrogens with zero attached hydrogens (tertiary/aromatic N) is 3. The lowest BCUT2D eigenvalue weighted by atomic mass is 9.82. The van der Waals surface area contributed by atoms with Crippen LogP contribution < -0.4 is 19.7 Å². The van der Waals surface area contributed by atoms with Crippen molar-refractivity contribution in [2.45, 2.75) is 71.4 Å². The van der Waals surface area contributed by atoms with Gasteiger partial charge in [0, 0.05) is 49.7 Å². The van der Waals surface area contributed by atoms with Crippen molar-refractivity contribution in [1.29, 1.82) is 5.41 Å². The zero-order valence-corrected chi connectivity index (χ0v) is 31.3. The lowest BCUT2D eigenvalue weighted by Crippen LogP contribution is -2.47. The number of carbonyl (C=O) groups excluding carboxylic acids is 1. The average molecular weight is 722 g/mol. The van der Waals surface area contributed by atoms with Gasteiger partial charge in [0.2, 0.25) is 11.8 Å². The standard InChI is InChI=1S/C43H52FN5O4/c1-43(2,3)53-42(50)49-24-21-33(37(44)27-49)25-30-19-22-48(23-20-30)34-15-16-35(38(26-34)46-4)40(45)36-17-18-39(51-28-31-11-7-5-8-12-31)47-41(36)52-29-32-13-9-6-10-14-32/h5-18,26,30,33,37,45-46H,19-25,27-29H2,1-4H3. The Morgan fingerprint density at radius 1 is 0.868 bits per heavy atom. The van der Waals surface area contributed by atoms with Gasteiger partial charge in [-0.25, -0.2) is 9.18 Å². The van der Waals surface area contributed by atoms with Crippen molar-refractivity contribution in [1.82, 2.24) is 9.88 Å². The summed E-state index contributed by atoms with van der Waals surface area (Å²) < 4.78 is 33.0. The van der Waals surface area contributed by atoms with Crippen molar-refractivity contribution in [3.8, 4) is 11.8 Å². The fraction of sp³-hybridized carbons (Fsp3) is 0.419. The van der Waals surface area contributed by atoms with E-state index in [1.165, 1.54) is 4.90 Å². The van der Waals surface area contributed by atoms with Crippen molar-refractivity contribution in [3.05, 3.63) is 113 Å². The fourth-order valence-electron chi connectivity index (χ4n) is 7.13. The number of alkyl halides is 1. The molecular weight excluding hydrogens is 670 g/mol. The maximum atomic E-state index is 15.3. The molecule has 2 atom stereocenters. The highest BCUT2D eigenvalue weighted by Gasteiger charge is 2.35. The summed E-state index contributed by atoms with van der Waals surface area (Å²) in [7, 11) is 1.87. The van der Waals surface area contributed by atoms with Gasteiger partial charge in [-0.15, -0.1) is 0 Å². The molecule has 2 unspecified atom stereocenters. The first kappa shape index (κ1) is 37.6. The van der Waals surface area contributed by atoms with Crippen LogP contribution in [0.15, 0.2) is 91.0 Å². The minimum atomic E-state index is -1.03. The number of amides is 1. The number of pyridine rings is 1. The normalized spacial score (nSPS) is 18.0.